The van der Waals surface area contributed by atoms with Gasteiger partial charge in [-0.1, -0.05) is 17.8 Å². The Bertz CT molecular complexity index is 698. The van der Waals surface area contributed by atoms with Crippen molar-refractivity contribution in [1.82, 2.24) is 0 Å². The van der Waals surface area contributed by atoms with Crippen molar-refractivity contribution in [3.8, 4) is 0 Å². The van der Waals surface area contributed by atoms with Gasteiger partial charge in [0.1, 0.15) is 0 Å². The predicted molar refractivity (Wildman–Crippen MR) is 76.4 cm³/mol. The van der Waals surface area contributed by atoms with E-state index in [1.807, 2.05) is 0 Å². The molecule has 0 bridgehead atoms. The number of fused-ring (bicyclic) bond motifs is 2. The lowest BCUT2D eigenvalue weighted by Gasteiger charge is -2.22. The van der Waals surface area contributed by atoms with Crippen molar-refractivity contribution in [1.29, 1.82) is 0 Å². The summed E-state index contributed by atoms with van der Waals surface area (Å²) in [5, 5.41) is 14.2. The number of hydrogen-bond donors (Lipinski definition) is 1. The molecular formula is C14H12N2O2S. The Kier molecular flexibility index (Phi) is 2.71. The van der Waals surface area contributed by atoms with Gasteiger partial charge in [-0.25, -0.2) is 0 Å². The summed E-state index contributed by atoms with van der Waals surface area (Å²) in [4.78, 5) is 12.5. The van der Waals surface area contributed by atoms with E-state index in [9.17, 15) is 10.1 Å². The molecule has 96 valence electrons. The highest BCUT2D eigenvalue weighted by Crippen LogP contribution is 2.46. The maximum Gasteiger partial charge on any atom is 0.270 e. The molecule has 5 heteroatoms. The van der Waals surface area contributed by atoms with Crippen molar-refractivity contribution in [3.05, 3.63) is 51.6 Å². The van der Waals surface area contributed by atoms with Crippen LogP contribution in [0.25, 0.3) is 0 Å². The lowest BCUT2D eigenvalue weighted by molar-refractivity contribution is -0.385. The van der Waals surface area contributed by atoms with Crippen LogP contribution in [-0.2, 0) is 0 Å². The van der Waals surface area contributed by atoms with E-state index >= 15 is 0 Å². The summed E-state index contributed by atoms with van der Waals surface area (Å²) in [6, 6.07) is 9.13. The van der Waals surface area contributed by atoms with Gasteiger partial charge in [-0.05, 0) is 37.1 Å². The van der Waals surface area contributed by atoms with E-state index in [1.165, 1.54) is 17.2 Å². The molecule has 0 amide bonds. The Labute approximate surface area is 115 Å². The summed E-state index contributed by atoms with van der Waals surface area (Å²) < 4.78 is 0. The molecule has 0 aromatic heterocycles. The third kappa shape index (κ3) is 2.06. The first-order valence-electron chi connectivity index (χ1n) is 5.89. The largest absolute Gasteiger partial charge is 0.354 e. The van der Waals surface area contributed by atoms with Crippen molar-refractivity contribution < 1.29 is 4.92 Å². The number of nitro groups is 1. The van der Waals surface area contributed by atoms with Crippen LogP contribution in [0.5, 0.6) is 0 Å². The van der Waals surface area contributed by atoms with Crippen molar-refractivity contribution in [2.45, 2.75) is 23.6 Å². The van der Waals surface area contributed by atoms with Gasteiger partial charge < -0.3 is 5.32 Å². The van der Waals surface area contributed by atoms with Crippen LogP contribution in [0, 0.1) is 24.0 Å². The van der Waals surface area contributed by atoms with E-state index in [-0.39, 0.29) is 10.6 Å². The standard InChI is InChI=1S/C14H12N2O2S/c1-8-5-9(2)14-12(6-8)15-11-4-3-10(16(17)18)7-13(11)19-14/h3-7,15H,1-2H3. The van der Waals surface area contributed by atoms with Gasteiger partial charge in [0, 0.05) is 21.9 Å². The number of nitro benzene ring substituents is 1. The Balaban J connectivity index is 2.09. The smallest absolute Gasteiger partial charge is 0.270 e. The molecule has 0 saturated carbocycles. The molecule has 1 aliphatic heterocycles. The highest BCUT2D eigenvalue weighted by atomic mass is 32.2. The Hall–Kier alpha value is -2.01. The molecule has 0 aliphatic carbocycles. The highest BCUT2D eigenvalue weighted by molar-refractivity contribution is 7.99. The minimum absolute atomic E-state index is 0.126. The molecule has 2 aromatic carbocycles. The van der Waals surface area contributed by atoms with Crippen LogP contribution in [0.15, 0.2) is 40.1 Å². The van der Waals surface area contributed by atoms with Crippen molar-refractivity contribution in [3.63, 3.8) is 0 Å². The molecule has 19 heavy (non-hydrogen) atoms. The van der Waals surface area contributed by atoms with Gasteiger partial charge in [0.25, 0.3) is 5.69 Å². The zero-order valence-electron chi connectivity index (χ0n) is 10.6. The van der Waals surface area contributed by atoms with Crippen LogP contribution >= 0.6 is 11.8 Å². The van der Waals surface area contributed by atoms with Crippen molar-refractivity contribution in [2.75, 3.05) is 5.32 Å². The van der Waals surface area contributed by atoms with Gasteiger partial charge in [0.05, 0.1) is 16.3 Å². The fourth-order valence-electron chi connectivity index (χ4n) is 2.25. The number of hydrogen-bond acceptors (Lipinski definition) is 4. The van der Waals surface area contributed by atoms with Gasteiger partial charge in [-0.2, -0.15) is 0 Å². The molecule has 4 nitrogen and oxygen atoms in total. The summed E-state index contributed by atoms with van der Waals surface area (Å²) in [5.41, 5.74) is 4.51. The van der Waals surface area contributed by atoms with Crippen LogP contribution < -0.4 is 5.32 Å². The lowest BCUT2D eigenvalue weighted by atomic mass is 10.1. The number of anilines is 2. The molecule has 0 atom stereocenters. The van der Waals surface area contributed by atoms with E-state index < -0.39 is 0 Å². The second kappa shape index (κ2) is 4.28. The minimum Gasteiger partial charge on any atom is -0.354 e. The zero-order valence-corrected chi connectivity index (χ0v) is 11.4. The molecule has 1 N–H and O–H groups in total. The summed E-state index contributed by atoms with van der Waals surface area (Å²) >= 11 is 1.58. The topological polar surface area (TPSA) is 55.2 Å². The normalized spacial score (nSPS) is 12.3. The van der Waals surface area contributed by atoms with Gasteiger partial charge in [0.2, 0.25) is 0 Å². The summed E-state index contributed by atoms with van der Waals surface area (Å²) in [7, 11) is 0. The molecule has 3 rings (SSSR count). The first-order chi connectivity index (χ1) is 9.04. The van der Waals surface area contributed by atoms with E-state index in [0.717, 1.165) is 21.2 Å². The lowest BCUT2D eigenvalue weighted by Crippen LogP contribution is -2.02. The van der Waals surface area contributed by atoms with Crippen molar-refractivity contribution >= 4 is 28.8 Å². The molecule has 0 fully saturated rings. The SMILES string of the molecule is Cc1cc(C)c2c(c1)Nc1ccc([N+](=O)[O-])cc1S2. The first kappa shape index (κ1) is 12.0. The Morgan fingerprint density at radius 1 is 1.16 bits per heavy atom. The van der Waals surface area contributed by atoms with Crippen LogP contribution in [0.4, 0.5) is 17.1 Å². The number of rotatable bonds is 1. The first-order valence-corrected chi connectivity index (χ1v) is 6.71. The van der Waals surface area contributed by atoms with Gasteiger partial charge in [-0.3, -0.25) is 10.1 Å². The summed E-state index contributed by atoms with van der Waals surface area (Å²) in [6.07, 6.45) is 0. The second-order valence-electron chi connectivity index (χ2n) is 4.62. The monoisotopic (exact) mass is 272 g/mol. The molecule has 0 spiro atoms. The van der Waals surface area contributed by atoms with E-state index in [1.54, 1.807) is 23.9 Å². The molecule has 1 aliphatic rings. The van der Waals surface area contributed by atoms with E-state index in [0.29, 0.717) is 0 Å². The van der Waals surface area contributed by atoms with Gasteiger partial charge in [-0.15, -0.1) is 0 Å². The number of nitrogens with zero attached hydrogens (tertiary/aromatic N) is 1. The number of aryl methyl sites for hydroxylation is 2. The molecule has 0 saturated heterocycles. The van der Waals surface area contributed by atoms with Crippen LogP contribution in [0.2, 0.25) is 0 Å². The van der Waals surface area contributed by atoms with E-state index in [4.69, 9.17) is 0 Å². The predicted octanol–water partition coefficient (Wildman–Crippen LogP) is 4.42. The zero-order chi connectivity index (χ0) is 13.6. The van der Waals surface area contributed by atoms with Gasteiger partial charge in [0.15, 0.2) is 0 Å². The Morgan fingerprint density at radius 2 is 1.95 bits per heavy atom. The van der Waals surface area contributed by atoms with Gasteiger partial charge >= 0.3 is 0 Å². The average Bonchev–Trinajstić information content (AvgIpc) is 2.36. The number of benzene rings is 2. The maximum absolute atomic E-state index is 10.8. The van der Waals surface area contributed by atoms with E-state index in [2.05, 4.69) is 31.3 Å². The van der Waals surface area contributed by atoms with Crippen LogP contribution in [-0.4, -0.2) is 4.92 Å². The molecule has 1 heterocycles. The van der Waals surface area contributed by atoms with Crippen LogP contribution in [0.3, 0.4) is 0 Å². The maximum atomic E-state index is 10.8. The number of non-ortho nitro benzene ring substituents is 1. The molecule has 2 aromatic rings. The van der Waals surface area contributed by atoms with Crippen LogP contribution in [0.1, 0.15) is 11.1 Å². The third-order valence-corrected chi connectivity index (χ3v) is 4.38. The second-order valence-corrected chi connectivity index (χ2v) is 5.68. The molecule has 0 radical (unpaired) electrons. The fourth-order valence-corrected chi connectivity index (χ4v) is 3.32. The summed E-state index contributed by atoms with van der Waals surface area (Å²) in [6.45, 7) is 4.12. The van der Waals surface area contributed by atoms with Crippen molar-refractivity contribution in [2.24, 2.45) is 0 Å². The third-order valence-electron chi connectivity index (χ3n) is 3.08. The fraction of sp³-hybridized carbons (Fsp3) is 0.143. The summed E-state index contributed by atoms with van der Waals surface area (Å²) in [5.74, 6) is 0. The minimum atomic E-state index is -0.363. The highest BCUT2D eigenvalue weighted by Gasteiger charge is 2.20. The quantitative estimate of drug-likeness (QED) is 0.526. The average molecular weight is 272 g/mol. The number of nitrogens with one attached hydrogen (secondary N) is 1. The Morgan fingerprint density at radius 3 is 2.68 bits per heavy atom. The molecular weight excluding hydrogens is 260 g/mol. The molecule has 0 unspecified atom stereocenters.